The van der Waals surface area contributed by atoms with Gasteiger partial charge in [0.2, 0.25) is 0 Å². The molecule has 0 spiro atoms. The highest BCUT2D eigenvalue weighted by Gasteiger charge is 2.48. The minimum Gasteiger partial charge on any atom is -0.388 e. The van der Waals surface area contributed by atoms with Crippen LogP contribution in [0.1, 0.15) is 22.4 Å². The fourth-order valence-corrected chi connectivity index (χ4v) is 4.89. The maximum absolute atomic E-state index is 12.3. The van der Waals surface area contributed by atoms with E-state index in [1.54, 1.807) is 12.1 Å². The van der Waals surface area contributed by atoms with Crippen molar-refractivity contribution in [2.24, 2.45) is 0 Å². The van der Waals surface area contributed by atoms with Gasteiger partial charge in [-0.05, 0) is 28.8 Å². The lowest BCUT2D eigenvalue weighted by Crippen LogP contribution is -2.54. The number of aromatic nitrogens is 3. The summed E-state index contributed by atoms with van der Waals surface area (Å²) in [5.41, 5.74) is 7.28. The molecule has 9 nitrogen and oxygen atoms in total. The van der Waals surface area contributed by atoms with Crippen molar-refractivity contribution in [3.05, 3.63) is 132 Å². The van der Waals surface area contributed by atoms with Crippen LogP contribution in [-0.2, 0) is 39.6 Å². The van der Waals surface area contributed by atoms with Gasteiger partial charge in [-0.2, -0.15) is 5.10 Å². The van der Waals surface area contributed by atoms with Gasteiger partial charge < -0.3 is 30.2 Å². The Morgan fingerprint density at radius 1 is 0.814 bits per heavy atom. The third-order valence-electron chi connectivity index (χ3n) is 7.14. The van der Waals surface area contributed by atoms with E-state index in [2.05, 4.69) is 16.0 Å². The average Bonchev–Trinajstić information content (AvgIpc) is 3.50. The SMILES string of the molecule is C#C[C@](O)(c1ccc2c(N)ncnn12)[C@H](OCc1ccccc1)[C@H](OCc1ccccc1)[C@H](O)COCc1ccccc1. The highest BCUT2D eigenvalue weighted by molar-refractivity contribution is 5.66. The summed E-state index contributed by atoms with van der Waals surface area (Å²) >= 11 is 0. The number of terminal acetylenes is 1. The van der Waals surface area contributed by atoms with Gasteiger partial charge in [-0.25, -0.2) is 9.50 Å². The molecule has 5 rings (SSSR count). The van der Waals surface area contributed by atoms with Gasteiger partial charge in [-0.15, -0.1) is 6.42 Å². The number of benzene rings is 3. The van der Waals surface area contributed by atoms with Crippen molar-refractivity contribution >= 4 is 11.3 Å². The Hall–Kier alpha value is -4.56. The molecule has 0 fully saturated rings. The largest absolute Gasteiger partial charge is 0.388 e. The standard InChI is InChI=1S/C34H34N4O5/c1-2-34(40,30-19-18-28-33(35)36-24-37-38(28)30)32(43-22-27-16-10-5-11-17-27)31(42-21-26-14-8-4-9-15-26)29(39)23-41-20-25-12-6-3-7-13-25/h1,3-19,24,29,31-32,39-40H,20-23H2,(H2,35,36,37)/t29-,31-,32-,34+/m1/s1. The molecule has 2 aromatic heterocycles. The molecule has 0 bridgehead atoms. The van der Waals surface area contributed by atoms with Crippen molar-refractivity contribution in [3.63, 3.8) is 0 Å². The first-order chi connectivity index (χ1) is 21.0. The topological polar surface area (TPSA) is 124 Å². The minimum atomic E-state index is -2.12. The molecular weight excluding hydrogens is 544 g/mol. The third kappa shape index (κ3) is 7.09. The molecular formula is C34H34N4O5. The number of nitrogen functional groups attached to an aromatic ring is 1. The van der Waals surface area contributed by atoms with E-state index >= 15 is 0 Å². The fourth-order valence-electron chi connectivity index (χ4n) is 4.89. The Kier molecular flexibility index (Phi) is 9.79. The van der Waals surface area contributed by atoms with Crippen LogP contribution in [0.3, 0.4) is 0 Å². The first kappa shape index (κ1) is 29.9. The van der Waals surface area contributed by atoms with Crippen LogP contribution in [0.5, 0.6) is 0 Å². The molecule has 4 N–H and O–H groups in total. The highest BCUT2D eigenvalue weighted by Crippen LogP contribution is 2.34. The molecule has 0 amide bonds. The molecule has 9 heteroatoms. The zero-order chi connectivity index (χ0) is 30.1. The van der Waals surface area contributed by atoms with E-state index in [1.807, 2.05) is 91.0 Å². The molecule has 3 aromatic carbocycles. The number of hydrogen-bond donors (Lipinski definition) is 3. The van der Waals surface area contributed by atoms with Crippen LogP contribution in [0.25, 0.3) is 5.52 Å². The summed E-state index contributed by atoms with van der Waals surface area (Å²) in [6.45, 7) is 0.373. The second-order valence-electron chi connectivity index (χ2n) is 10.1. The highest BCUT2D eigenvalue weighted by atomic mass is 16.6. The van der Waals surface area contributed by atoms with Crippen molar-refractivity contribution in [1.82, 2.24) is 14.6 Å². The van der Waals surface area contributed by atoms with Crippen molar-refractivity contribution in [1.29, 1.82) is 0 Å². The predicted molar refractivity (Wildman–Crippen MR) is 162 cm³/mol. The number of fused-ring (bicyclic) bond motifs is 1. The molecule has 0 aliphatic rings. The third-order valence-corrected chi connectivity index (χ3v) is 7.14. The second-order valence-corrected chi connectivity index (χ2v) is 10.1. The van der Waals surface area contributed by atoms with E-state index in [0.29, 0.717) is 5.52 Å². The molecule has 0 saturated heterocycles. The molecule has 0 saturated carbocycles. The summed E-state index contributed by atoms with van der Waals surface area (Å²) in [7, 11) is 0. The zero-order valence-electron chi connectivity index (χ0n) is 23.6. The van der Waals surface area contributed by atoms with Gasteiger partial charge in [0.1, 0.15) is 30.2 Å². The zero-order valence-corrected chi connectivity index (χ0v) is 23.6. The van der Waals surface area contributed by atoms with Crippen LogP contribution in [0.15, 0.2) is 109 Å². The van der Waals surface area contributed by atoms with E-state index in [1.165, 1.54) is 10.8 Å². The Morgan fingerprint density at radius 2 is 1.37 bits per heavy atom. The summed E-state index contributed by atoms with van der Waals surface area (Å²) in [4.78, 5) is 4.03. The van der Waals surface area contributed by atoms with Crippen molar-refractivity contribution in [3.8, 4) is 12.3 Å². The molecule has 0 aliphatic carbocycles. The van der Waals surface area contributed by atoms with E-state index in [9.17, 15) is 10.2 Å². The molecule has 0 unspecified atom stereocenters. The number of nitrogens with zero attached hydrogens (tertiary/aromatic N) is 3. The van der Waals surface area contributed by atoms with Crippen LogP contribution in [-0.4, -0.2) is 49.7 Å². The Labute approximate surface area is 250 Å². The van der Waals surface area contributed by atoms with Gasteiger partial charge >= 0.3 is 0 Å². The lowest BCUT2D eigenvalue weighted by atomic mass is 9.87. The smallest absolute Gasteiger partial charge is 0.196 e. The van der Waals surface area contributed by atoms with Gasteiger partial charge in [0.25, 0.3) is 0 Å². The Morgan fingerprint density at radius 3 is 1.95 bits per heavy atom. The Bertz CT molecular complexity index is 1630. The quantitative estimate of drug-likeness (QED) is 0.170. The maximum Gasteiger partial charge on any atom is 0.196 e. The lowest BCUT2D eigenvalue weighted by Gasteiger charge is -2.38. The number of aliphatic hydroxyl groups is 2. The van der Waals surface area contributed by atoms with Crippen LogP contribution in [0.2, 0.25) is 0 Å². The van der Waals surface area contributed by atoms with Crippen molar-refractivity contribution in [2.75, 3.05) is 12.3 Å². The number of aliphatic hydroxyl groups excluding tert-OH is 1. The first-order valence-corrected chi connectivity index (χ1v) is 13.9. The molecule has 0 radical (unpaired) electrons. The summed E-state index contributed by atoms with van der Waals surface area (Å²) in [5.74, 6) is 2.74. The number of nitrogens with two attached hydrogens (primary N) is 1. The summed E-state index contributed by atoms with van der Waals surface area (Å²) in [6.07, 6.45) is 3.72. The van der Waals surface area contributed by atoms with Crippen LogP contribution in [0, 0.1) is 12.3 Å². The lowest BCUT2D eigenvalue weighted by molar-refractivity contribution is -0.196. The predicted octanol–water partition coefficient (Wildman–Crippen LogP) is 3.88. The van der Waals surface area contributed by atoms with E-state index in [4.69, 9.17) is 26.4 Å². The monoisotopic (exact) mass is 578 g/mol. The van der Waals surface area contributed by atoms with Crippen LogP contribution >= 0.6 is 0 Å². The number of rotatable bonds is 14. The van der Waals surface area contributed by atoms with E-state index in [-0.39, 0.29) is 37.9 Å². The second kappa shape index (κ2) is 14.1. The van der Waals surface area contributed by atoms with Gasteiger partial charge in [-0.3, -0.25) is 0 Å². The van der Waals surface area contributed by atoms with Gasteiger partial charge in [0.15, 0.2) is 11.4 Å². The van der Waals surface area contributed by atoms with Gasteiger partial charge in [0.05, 0.1) is 32.1 Å². The number of hydrogen-bond acceptors (Lipinski definition) is 8. The number of ether oxygens (including phenoxy) is 3. The van der Waals surface area contributed by atoms with Crippen molar-refractivity contribution in [2.45, 2.75) is 43.7 Å². The molecule has 43 heavy (non-hydrogen) atoms. The van der Waals surface area contributed by atoms with Crippen molar-refractivity contribution < 1.29 is 24.4 Å². The van der Waals surface area contributed by atoms with Crippen LogP contribution in [0.4, 0.5) is 5.82 Å². The summed E-state index contributed by atoms with van der Waals surface area (Å²) < 4.78 is 20.1. The normalized spacial score (nSPS) is 14.9. The summed E-state index contributed by atoms with van der Waals surface area (Å²) in [6, 6.07) is 31.9. The van der Waals surface area contributed by atoms with E-state index < -0.39 is 23.9 Å². The molecule has 220 valence electrons. The first-order valence-electron chi connectivity index (χ1n) is 13.9. The molecule has 4 atom stereocenters. The number of anilines is 1. The van der Waals surface area contributed by atoms with Crippen LogP contribution < -0.4 is 5.73 Å². The van der Waals surface area contributed by atoms with Gasteiger partial charge in [0, 0.05) is 0 Å². The molecule has 5 aromatic rings. The fraction of sp³-hybridized carbons (Fsp3) is 0.235. The molecule has 0 aliphatic heterocycles. The summed E-state index contributed by atoms with van der Waals surface area (Å²) in [5, 5.41) is 28.2. The Balaban J connectivity index is 1.51. The maximum atomic E-state index is 12.3. The van der Waals surface area contributed by atoms with E-state index in [0.717, 1.165) is 16.7 Å². The average molecular weight is 579 g/mol. The van der Waals surface area contributed by atoms with Gasteiger partial charge in [-0.1, -0.05) is 96.9 Å². The minimum absolute atomic E-state index is 0.0821. The molecule has 2 heterocycles.